The summed E-state index contributed by atoms with van der Waals surface area (Å²) in [5, 5.41) is 3.77. The summed E-state index contributed by atoms with van der Waals surface area (Å²) in [5.41, 5.74) is 10.4. The SMILES string of the molecule is [N-]=[N+]=N[C@H]1CC(c2ccccc2OC(F)F)n2c1nc1cc(F)c(Br)cc12. The molecule has 0 N–H and O–H groups in total. The molecule has 1 aromatic heterocycles. The number of alkyl halides is 2. The maximum Gasteiger partial charge on any atom is 0.387 e. The lowest BCUT2D eigenvalue weighted by Crippen LogP contribution is -2.10. The van der Waals surface area contributed by atoms with Crippen LogP contribution in [0.2, 0.25) is 0 Å². The quantitative estimate of drug-likeness (QED) is 0.290. The van der Waals surface area contributed by atoms with E-state index in [1.54, 1.807) is 28.8 Å². The molecule has 0 radical (unpaired) electrons. The molecule has 2 atom stereocenters. The van der Waals surface area contributed by atoms with Crippen molar-refractivity contribution in [2.75, 3.05) is 0 Å². The molecule has 0 fully saturated rings. The zero-order chi connectivity index (χ0) is 19.1. The second-order valence-electron chi connectivity index (χ2n) is 5.98. The fourth-order valence-corrected chi connectivity index (χ4v) is 3.81. The molecule has 0 aliphatic carbocycles. The van der Waals surface area contributed by atoms with Crippen LogP contribution in [0.5, 0.6) is 5.75 Å². The van der Waals surface area contributed by atoms with Crippen LogP contribution < -0.4 is 4.74 Å². The minimum Gasteiger partial charge on any atom is -0.434 e. The van der Waals surface area contributed by atoms with Crippen molar-refractivity contribution in [3.05, 3.63) is 68.5 Å². The summed E-state index contributed by atoms with van der Waals surface area (Å²) in [5.74, 6) is 0.0165. The normalized spacial score (nSPS) is 18.6. The number of halogens is 4. The van der Waals surface area contributed by atoms with Gasteiger partial charge >= 0.3 is 6.61 Å². The summed E-state index contributed by atoms with van der Waals surface area (Å²) in [6, 6.07) is 8.23. The number of nitrogens with zero attached hydrogens (tertiary/aromatic N) is 5. The third-order valence-electron chi connectivity index (χ3n) is 4.50. The highest BCUT2D eigenvalue weighted by molar-refractivity contribution is 9.10. The highest BCUT2D eigenvalue weighted by atomic mass is 79.9. The van der Waals surface area contributed by atoms with E-state index in [9.17, 15) is 13.2 Å². The molecule has 2 aromatic carbocycles. The number of hydrogen-bond acceptors (Lipinski definition) is 3. The van der Waals surface area contributed by atoms with Gasteiger partial charge in [-0.25, -0.2) is 9.37 Å². The number of azide groups is 1. The molecule has 6 nitrogen and oxygen atoms in total. The van der Waals surface area contributed by atoms with Gasteiger partial charge in [-0.15, -0.1) is 0 Å². The van der Waals surface area contributed by atoms with Crippen molar-refractivity contribution in [1.29, 1.82) is 0 Å². The zero-order valence-corrected chi connectivity index (χ0v) is 15.1. The summed E-state index contributed by atoms with van der Waals surface area (Å²) >= 11 is 3.16. The van der Waals surface area contributed by atoms with E-state index in [1.165, 1.54) is 12.1 Å². The van der Waals surface area contributed by atoms with Gasteiger partial charge < -0.3 is 9.30 Å². The standard InChI is InChI=1S/C17H11BrF3N5O/c18-9-5-14-11(6-10(9)19)23-16-12(24-25-22)7-13(26(14)16)8-3-1-2-4-15(8)27-17(20)21/h1-6,12-13,17H,7H2/t12-,13?/m0/s1. The Balaban J connectivity index is 1.93. The highest BCUT2D eigenvalue weighted by Crippen LogP contribution is 2.46. The van der Waals surface area contributed by atoms with E-state index in [1.807, 2.05) is 0 Å². The molecular formula is C17H11BrF3N5O. The van der Waals surface area contributed by atoms with Crippen molar-refractivity contribution < 1.29 is 17.9 Å². The molecule has 10 heteroatoms. The molecule has 0 bridgehead atoms. The molecule has 0 saturated carbocycles. The third kappa shape index (κ3) is 3.00. The van der Waals surface area contributed by atoms with E-state index in [4.69, 9.17) is 5.53 Å². The number of aromatic nitrogens is 2. The van der Waals surface area contributed by atoms with Crippen LogP contribution in [0.3, 0.4) is 0 Å². The van der Waals surface area contributed by atoms with E-state index in [2.05, 4.69) is 35.7 Å². The Labute approximate surface area is 159 Å². The Morgan fingerprint density at radius 2 is 2.11 bits per heavy atom. The Morgan fingerprint density at radius 3 is 2.85 bits per heavy atom. The summed E-state index contributed by atoms with van der Waals surface area (Å²) in [6.07, 6.45) is 0.334. The fourth-order valence-electron chi connectivity index (χ4n) is 3.48. The van der Waals surface area contributed by atoms with Gasteiger partial charge in [-0.2, -0.15) is 8.78 Å². The van der Waals surface area contributed by atoms with E-state index < -0.39 is 24.5 Å². The van der Waals surface area contributed by atoms with E-state index in [0.717, 1.165) is 0 Å². The van der Waals surface area contributed by atoms with Crippen molar-refractivity contribution in [3.63, 3.8) is 0 Å². The smallest absolute Gasteiger partial charge is 0.387 e. The number of ether oxygens (including phenoxy) is 1. The van der Waals surface area contributed by atoms with E-state index in [-0.39, 0.29) is 10.2 Å². The Morgan fingerprint density at radius 1 is 1.33 bits per heavy atom. The monoisotopic (exact) mass is 437 g/mol. The van der Waals surface area contributed by atoms with Gasteiger partial charge in [0.05, 0.1) is 27.6 Å². The first-order valence-electron chi connectivity index (χ1n) is 7.94. The Bertz CT molecular complexity index is 1080. The number of para-hydroxylation sites is 1. The summed E-state index contributed by atoms with van der Waals surface area (Å²) in [4.78, 5) is 7.27. The molecule has 0 saturated heterocycles. The predicted molar refractivity (Wildman–Crippen MR) is 95.1 cm³/mol. The molecular weight excluding hydrogens is 427 g/mol. The average molecular weight is 438 g/mol. The van der Waals surface area contributed by atoms with Crippen molar-refractivity contribution in [3.8, 4) is 5.75 Å². The first kappa shape index (κ1) is 17.7. The van der Waals surface area contributed by atoms with Crippen LogP contribution in [0.4, 0.5) is 13.2 Å². The van der Waals surface area contributed by atoms with Crippen LogP contribution >= 0.6 is 15.9 Å². The van der Waals surface area contributed by atoms with Crippen LogP contribution in [0.1, 0.15) is 29.9 Å². The first-order chi connectivity index (χ1) is 13.0. The maximum atomic E-state index is 13.9. The second-order valence-corrected chi connectivity index (χ2v) is 6.84. The maximum absolute atomic E-state index is 13.9. The molecule has 0 amide bonds. The summed E-state index contributed by atoms with van der Waals surface area (Å²) in [6.45, 7) is -2.97. The molecule has 138 valence electrons. The average Bonchev–Trinajstić information content (AvgIpc) is 3.14. The molecule has 27 heavy (non-hydrogen) atoms. The highest BCUT2D eigenvalue weighted by Gasteiger charge is 2.36. The molecule has 0 spiro atoms. The summed E-state index contributed by atoms with van der Waals surface area (Å²) in [7, 11) is 0. The number of imidazole rings is 1. The van der Waals surface area contributed by atoms with Crippen molar-refractivity contribution in [2.45, 2.75) is 25.1 Å². The van der Waals surface area contributed by atoms with Gasteiger partial charge in [-0.05, 0) is 40.0 Å². The first-order valence-corrected chi connectivity index (χ1v) is 8.73. The van der Waals surface area contributed by atoms with Crippen LogP contribution in [0.15, 0.2) is 46.0 Å². The van der Waals surface area contributed by atoms with E-state index in [0.29, 0.717) is 28.8 Å². The van der Waals surface area contributed by atoms with Gasteiger partial charge in [0.1, 0.15) is 17.4 Å². The fraction of sp³-hybridized carbons (Fsp3) is 0.235. The van der Waals surface area contributed by atoms with Gasteiger partial charge in [0.2, 0.25) is 0 Å². The van der Waals surface area contributed by atoms with Gasteiger partial charge in [0.25, 0.3) is 0 Å². The van der Waals surface area contributed by atoms with Crippen LogP contribution in [-0.4, -0.2) is 16.2 Å². The van der Waals surface area contributed by atoms with Crippen molar-refractivity contribution in [2.24, 2.45) is 5.11 Å². The van der Waals surface area contributed by atoms with Crippen LogP contribution in [0.25, 0.3) is 21.5 Å². The molecule has 1 aliphatic heterocycles. The third-order valence-corrected chi connectivity index (χ3v) is 5.11. The molecule has 4 rings (SSSR count). The Hall–Kier alpha value is -2.71. The molecule has 2 heterocycles. The summed E-state index contributed by atoms with van der Waals surface area (Å²) < 4.78 is 46.2. The van der Waals surface area contributed by atoms with Crippen molar-refractivity contribution >= 4 is 27.0 Å². The lowest BCUT2D eigenvalue weighted by Gasteiger charge is -2.19. The molecule has 3 aromatic rings. The number of hydrogen-bond donors (Lipinski definition) is 0. The van der Waals surface area contributed by atoms with Gasteiger partial charge in [0, 0.05) is 16.5 Å². The largest absolute Gasteiger partial charge is 0.434 e. The minimum atomic E-state index is -2.97. The van der Waals surface area contributed by atoms with Gasteiger partial charge in [-0.1, -0.05) is 23.3 Å². The van der Waals surface area contributed by atoms with Gasteiger partial charge in [-0.3, -0.25) is 0 Å². The zero-order valence-electron chi connectivity index (χ0n) is 13.6. The topological polar surface area (TPSA) is 75.8 Å². The lowest BCUT2D eigenvalue weighted by molar-refractivity contribution is -0.0506. The number of rotatable bonds is 4. The van der Waals surface area contributed by atoms with Gasteiger partial charge in [0.15, 0.2) is 0 Å². The van der Waals surface area contributed by atoms with E-state index >= 15 is 0 Å². The second kappa shape index (κ2) is 6.79. The molecule has 1 unspecified atom stereocenters. The minimum absolute atomic E-state index is 0.0352. The molecule has 1 aliphatic rings. The predicted octanol–water partition coefficient (Wildman–Crippen LogP) is 5.88. The number of fused-ring (bicyclic) bond motifs is 3. The van der Waals surface area contributed by atoms with Crippen molar-refractivity contribution in [1.82, 2.24) is 9.55 Å². The number of benzene rings is 2. The lowest BCUT2D eigenvalue weighted by atomic mass is 10.0. The Kier molecular flexibility index (Phi) is 4.45. The van der Waals surface area contributed by atoms with Crippen LogP contribution in [-0.2, 0) is 0 Å². The van der Waals surface area contributed by atoms with Crippen LogP contribution in [0, 0.1) is 5.82 Å².